The molecule has 4 nitrogen and oxygen atoms in total. The molecule has 0 atom stereocenters. The molecule has 0 aliphatic heterocycles. The Bertz CT molecular complexity index is 439. The van der Waals surface area contributed by atoms with E-state index in [0.29, 0.717) is 18.6 Å². The third kappa shape index (κ3) is 5.21. The number of nitrogens with two attached hydrogens (primary N) is 1. The van der Waals surface area contributed by atoms with Crippen LogP contribution in [-0.4, -0.2) is 25.2 Å². The molecule has 1 saturated carbocycles. The summed E-state index contributed by atoms with van der Waals surface area (Å²) >= 11 is 0. The number of aryl methyl sites for hydroxylation is 1. The van der Waals surface area contributed by atoms with Gasteiger partial charge in [0.25, 0.3) is 0 Å². The van der Waals surface area contributed by atoms with Gasteiger partial charge in [0.1, 0.15) is 0 Å². The van der Waals surface area contributed by atoms with Crippen LogP contribution in [-0.2, 0) is 4.74 Å². The summed E-state index contributed by atoms with van der Waals surface area (Å²) in [5.41, 5.74) is 8.04. The molecule has 1 aromatic rings. The zero-order valence-electron chi connectivity index (χ0n) is 12.3. The van der Waals surface area contributed by atoms with Gasteiger partial charge in [-0.25, -0.2) is 0 Å². The van der Waals surface area contributed by atoms with Gasteiger partial charge in [0.05, 0.1) is 6.10 Å². The lowest BCUT2D eigenvalue weighted by molar-refractivity contribution is 0.0579. The van der Waals surface area contributed by atoms with E-state index in [0.717, 1.165) is 18.7 Å². The Morgan fingerprint density at radius 1 is 1.40 bits per heavy atom. The van der Waals surface area contributed by atoms with Gasteiger partial charge < -0.3 is 15.8 Å². The maximum atomic E-state index is 5.86. The van der Waals surface area contributed by atoms with E-state index in [9.17, 15) is 0 Å². The van der Waals surface area contributed by atoms with Crippen LogP contribution >= 0.6 is 0 Å². The summed E-state index contributed by atoms with van der Waals surface area (Å²) in [4.78, 5) is 4.32. The number of aliphatic imine (C=N–C) groups is 1. The van der Waals surface area contributed by atoms with E-state index >= 15 is 0 Å². The fraction of sp³-hybridized carbons (Fsp3) is 0.562. The smallest absolute Gasteiger partial charge is 0.193 e. The Hall–Kier alpha value is -1.55. The first-order chi connectivity index (χ1) is 9.74. The third-order valence-electron chi connectivity index (χ3n) is 3.53. The van der Waals surface area contributed by atoms with Crippen molar-refractivity contribution in [3.63, 3.8) is 0 Å². The van der Waals surface area contributed by atoms with Gasteiger partial charge in [-0.1, -0.05) is 25.0 Å². The largest absolute Gasteiger partial charge is 0.378 e. The van der Waals surface area contributed by atoms with Gasteiger partial charge in [-0.15, -0.1) is 0 Å². The Balaban J connectivity index is 1.63. The van der Waals surface area contributed by atoms with Crippen molar-refractivity contribution in [3.05, 3.63) is 29.8 Å². The van der Waals surface area contributed by atoms with Crippen molar-refractivity contribution in [1.82, 2.24) is 0 Å². The maximum Gasteiger partial charge on any atom is 0.193 e. The van der Waals surface area contributed by atoms with Crippen LogP contribution in [0.3, 0.4) is 0 Å². The van der Waals surface area contributed by atoms with E-state index in [-0.39, 0.29) is 0 Å². The van der Waals surface area contributed by atoms with Crippen LogP contribution in [0.2, 0.25) is 0 Å². The molecule has 2 rings (SSSR count). The second kappa shape index (κ2) is 7.90. The molecule has 0 aromatic heterocycles. The molecule has 1 fully saturated rings. The number of hydrogen-bond acceptors (Lipinski definition) is 2. The van der Waals surface area contributed by atoms with Crippen molar-refractivity contribution in [1.29, 1.82) is 0 Å². The van der Waals surface area contributed by atoms with E-state index in [4.69, 9.17) is 10.5 Å². The number of hydrogen-bond donors (Lipinski definition) is 2. The van der Waals surface area contributed by atoms with Gasteiger partial charge in [-0.3, -0.25) is 4.99 Å². The van der Waals surface area contributed by atoms with E-state index in [1.807, 2.05) is 18.2 Å². The van der Waals surface area contributed by atoms with Crippen LogP contribution in [0.5, 0.6) is 0 Å². The van der Waals surface area contributed by atoms with Crippen LogP contribution < -0.4 is 11.1 Å². The molecule has 1 aromatic carbocycles. The normalized spacial score (nSPS) is 16.6. The Kier molecular flexibility index (Phi) is 5.87. The highest BCUT2D eigenvalue weighted by Crippen LogP contribution is 2.20. The molecular weight excluding hydrogens is 250 g/mol. The van der Waals surface area contributed by atoms with E-state index in [2.05, 4.69) is 23.3 Å². The second-order valence-corrected chi connectivity index (χ2v) is 5.39. The summed E-state index contributed by atoms with van der Waals surface area (Å²) in [7, 11) is 0. The monoisotopic (exact) mass is 275 g/mol. The standard InChI is InChI=1S/C16H25N3O/c1-13-6-4-7-14(12-13)19-16(17)18-10-5-11-20-15-8-2-3-9-15/h4,6-7,12,15H,2-3,5,8-11H2,1H3,(H3,17,18,19). The van der Waals surface area contributed by atoms with E-state index < -0.39 is 0 Å². The summed E-state index contributed by atoms with van der Waals surface area (Å²) in [5, 5.41) is 3.10. The zero-order valence-corrected chi connectivity index (χ0v) is 12.3. The topological polar surface area (TPSA) is 59.6 Å². The minimum atomic E-state index is 0.469. The average Bonchev–Trinajstić information content (AvgIpc) is 2.91. The minimum Gasteiger partial charge on any atom is -0.378 e. The number of nitrogens with one attached hydrogen (secondary N) is 1. The molecule has 0 saturated heterocycles. The first kappa shape index (κ1) is 14.9. The van der Waals surface area contributed by atoms with Crippen LogP contribution in [0, 0.1) is 6.92 Å². The molecule has 0 heterocycles. The van der Waals surface area contributed by atoms with Gasteiger partial charge in [-0.2, -0.15) is 0 Å². The fourth-order valence-corrected chi connectivity index (χ4v) is 2.48. The molecule has 20 heavy (non-hydrogen) atoms. The molecule has 4 heteroatoms. The van der Waals surface area contributed by atoms with Gasteiger partial charge in [-0.05, 0) is 43.9 Å². The molecule has 1 aliphatic rings. The molecular formula is C16H25N3O. The Labute approximate surface area is 121 Å². The molecule has 110 valence electrons. The van der Waals surface area contributed by atoms with E-state index in [1.165, 1.54) is 31.2 Å². The number of ether oxygens (including phenoxy) is 1. The summed E-state index contributed by atoms with van der Waals surface area (Å²) in [5.74, 6) is 0.469. The van der Waals surface area contributed by atoms with E-state index in [1.54, 1.807) is 0 Å². The lowest BCUT2D eigenvalue weighted by atomic mass is 10.2. The third-order valence-corrected chi connectivity index (χ3v) is 3.53. The molecule has 1 aliphatic carbocycles. The van der Waals surface area contributed by atoms with Crippen LogP contribution in [0.15, 0.2) is 29.3 Å². The number of nitrogens with zero attached hydrogens (tertiary/aromatic N) is 1. The van der Waals surface area contributed by atoms with Gasteiger partial charge in [0.15, 0.2) is 5.96 Å². The molecule has 0 spiro atoms. The first-order valence-electron chi connectivity index (χ1n) is 7.49. The average molecular weight is 275 g/mol. The van der Waals surface area contributed by atoms with Crippen molar-refractivity contribution in [2.45, 2.75) is 45.1 Å². The molecule has 0 amide bonds. The lowest BCUT2D eigenvalue weighted by Gasteiger charge is -2.10. The fourth-order valence-electron chi connectivity index (χ4n) is 2.48. The molecule has 0 unspecified atom stereocenters. The highest BCUT2D eigenvalue weighted by atomic mass is 16.5. The van der Waals surface area contributed by atoms with Gasteiger partial charge in [0.2, 0.25) is 0 Å². The van der Waals surface area contributed by atoms with Crippen molar-refractivity contribution in [2.75, 3.05) is 18.5 Å². The summed E-state index contributed by atoms with van der Waals surface area (Å²) in [6, 6.07) is 8.09. The number of guanidine groups is 1. The number of anilines is 1. The summed E-state index contributed by atoms with van der Waals surface area (Å²) < 4.78 is 5.79. The minimum absolute atomic E-state index is 0.469. The zero-order chi connectivity index (χ0) is 14.2. The predicted molar refractivity (Wildman–Crippen MR) is 84.1 cm³/mol. The second-order valence-electron chi connectivity index (χ2n) is 5.39. The highest BCUT2D eigenvalue weighted by Gasteiger charge is 2.14. The Morgan fingerprint density at radius 3 is 2.95 bits per heavy atom. The quantitative estimate of drug-likeness (QED) is 0.476. The highest BCUT2D eigenvalue weighted by molar-refractivity contribution is 5.92. The SMILES string of the molecule is Cc1cccc(NC(N)=NCCCOC2CCCC2)c1. The predicted octanol–water partition coefficient (Wildman–Crippen LogP) is 3.07. The molecule has 0 bridgehead atoms. The molecule has 3 N–H and O–H groups in total. The van der Waals surface area contributed by atoms with Crippen LogP contribution in [0.25, 0.3) is 0 Å². The number of benzene rings is 1. The molecule has 0 radical (unpaired) electrons. The van der Waals surface area contributed by atoms with Gasteiger partial charge >= 0.3 is 0 Å². The Morgan fingerprint density at radius 2 is 2.20 bits per heavy atom. The van der Waals surface area contributed by atoms with Crippen molar-refractivity contribution >= 4 is 11.6 Å². The summed E-state index contributed by atoms with van der Waals surface area (Å²) in [6.07, 6.45) is 6.49. The lowest BCUT2D eigenvalue weighted by Crippen LogP contribution is -2.23. The van der Waals surface area contributed by atoms with Crippen LogP contribution in [0.4, 0.5) is 5.69 Å². The summed E-state index contributed by atoms with van der Waals surface area (Å²) in [6.45, 7) is 3.54. The first-order valence-corrected chi connectivity index (χ1v) is 7.49. The van der Waals surface area contributed by atoms with Crippen LogP contribution in [0.1, 0.15) is 37.7 Å². The van der Waals surface area contributed by atoms with Crippen molar-refractivity contribution in [2.24, 2.45) is 10.7 Å². The number of rotatable bonds is 6. The van der Waals surface area contributed by atoms with Crippen molar-refractivity contribution in [3.8, 4) is 0 Å². The van der Waals surface area contributed by atoms with Crippen molar-refractivity contribution < 1.29 is 4.74 Å². The maximum absolute atomic E-state index is 5.86. The van der Waals surface area contributed by atoms with Gasteiger partial charge in [0, 0.05) is 18.8 Å².